The second-order valence-electron chi connectivity index (χ2n) is 0.983. The Morgan fingerprint density at radius 3 is 1.00 bits per heavy atom. The first-order chi connectivity index (χ1) is 3.46. The number of halogens is 1. The molecule has 0 unspecified atom stereocenters. The summed E-state index contributed by atoms with van der Waals surface area (Å²) in [6.45, 7) is 1.94. The Bertz CT molecular complexity index is 80.1. The van der Waals surface area contributed by atoms with Crippen LogP contribution in [0.2, 0.25) is 0 Å². The number of aliphatic carboxylic acids is 2. The van der Waals surface area contributed by atoms with Gasteiger partial charge in [0, 0.05) is 11.9 Å². The van der Waals surface area contributed by atoms with Crippen LogP contribution in [-0.4, -0.2) is 60.8 Å². The molecule has 7 heteroatoms. The molecule has 0 aromatic heterocycles. The van der Waals surface area contributed by atoms with E-state index in [0.29, 0.717) is 0 Å². The van der Waals surface area contributed by atoms with Gasteiger partial charge in [0.2, 0.25) is 0 Å². The van der Waals surface area contributed by atoms with Gasteiger partial charge in [-0.2, -0.15) is 0 Å². The van der Waals surface area contributed by atoms with E-state index in [-0.39, 0.29) is 90.8 Å². The maximum atomic E-state index is 8.89. The average Bonchev–Trinajstić information content (AvgIpc) is 1.25. The van der Waals surface area contributed by atoms with Crippen molar-refractivity contribution in [3.8, 4) is 0 Å². The van der Waals surface area contributed by atoms with Crippen molar-refractivity contribution >= 4 is 60.8 Å². The van der Waals surface area contributed by atoms with Crippen molar-refractivity contribution in [2.24, 2.45) is 0 Å². The largest absolute Gasteiger partial charge is 2.00 e. The molecule has 0 spiro atoms. The number of hydrogen-bond acceptors (Lipinski definition) is 4. The van der Waals surface area contributed by atoms with E-state index < -0.39 is 11.9 Å². The molecule has 0 radical (unpaired) electrons. The molecule has 0 aliphatic heterocycles. The molecule has 0 heterocycles. The Morgan fingerprint density at radius 2 is 1.00 bits per heavy atom. The number of hydrogen-bond donors (Lipinski definition) is 0. The van der Waals surface area contributed by atoms with E-state index in [9.17, 15) is 0 Å². The van der Waals surface area contributed by atoms with Crippen molar-refractivity contribution < 1.29 is 61.8 Å². The first kappa shape index (κ1) is 29.3. The summed E-state index contributed by atoms with van der Waals surface area (Å²) in [4.78, 5) is 17.8. The number of carbonyl (C=O) groups is 2. The van der Waals surface area contributed by atoms with Crippen molar-refractivity contribution in [3.05, 3.63) is 0 Å². The fourth-order valence-corrected chi connectivity index (χ4v) is 0. The minimum atomic E-state index is -1.08. The fraction of sp³-hybridized carbons (Fsp3) is 0.500. The number of carboxylic acid groups (broad SMARTS) is 2. The summed E-state index contributed by atoms with van der Waals surface area (Å²) in [6.07, 6.45) is 0. The van der Waals surface area contributed by atoms with Crippen molar-refractivity contribution in [1.82, 2.24) is 0 Å². The normalized spacial score (nSPS) is 4.55. The Balaban J connectivity index is -0.0000000171. The third kappa shape index (κ3) is 349. The quantitative estimate of drug-likeness (QED) is 0.416. The zero-order valence-electron chi connectivity index (χ0n) is 6.72. The molecule has 0 fully saturated rings. The molecule has 4 nitrogen and oxygen atoms in total. The van der Waals surface area contributed by atoms with Crippen LogP contribution in [0.3, 0.4) is 0 Å². The maximum absolute atomic E-state index is 8.89. The van der Waals surface area contributed by atoms with Crippen LogP contribution in [0.4, 0.5) is 0 Å². The minimum absolute atomic E-state index is 0. The summed E-state index contributed by atoms with van der Waals surface area (Å²) in [5, 5.41) is 17.8. The Labute approximate surface area is 134 Å². The Kier molecular flexibility index (Phi) is 60.2. The smallest absolute Gasteiger partial charge is 1.00 e. The monoisotopic (exact) mass is 314 g/mol. The van der Waals surface area contributed by atoms with Gasteiger partial charge in [-0.25, -0.2) is 0 Å². The van der Waals surface area contributed by atoms with Crippen LogP contribution < -0.4 is 52.2 Å². The van der Waals surface area contributed by atoms with Crippen LogP contribution >= 0.6 is 0 Å². The summed E-state index contributed by atoms with van der Waals surface area (Å²) in [5.41, 5.74) is 0. The molecular formula is C4H6BaClNaO4. The maximum Gasteiger partial charge on any atom is 2.00 e. The molecule has 56 valence electrons. The van der Waals surface area contributed by atoms with Gasteiger partial charge in [-0.3, -0.25) is 0 Å². The Hall–Kier alpha value is 1.80. The van der Waals surface area contributed by atoms with Gasteiger partial charge in [0.1, 0.15) is 0 Å². The predicted octanol–water partition coefficient (Wildman–Crippen LogP) is -8.86. The topological polar surface area (TPSA) is 80.3 Å². The van der Waals surface area contributed by atoms with Gasteiger partial charge < -0.3 is 32.2 Å². The summed E-state index contributed by atoms with van der Waals surface area (Å²) in [6, 6.07) is 0. The second kappa shape index (κ2) is 22.6. The molecule has 11 heavy (non-hydrogen) atoms. The molecule has 0 aromatic rings. The fourth-order valence-electron chi connectivity index (χ4n) is 0. The molecule has 0 saturated carbocycles. The van der Waals surface area contributed by atoms with Gasteiger partial charge >= 0.3 is 78.4 Å². The summed E-state index contributed by atoms with van der Waals surface area (Å²) in [5.74, 6) is -2.17. The molecule has 0 bridgehead atoms. The van der Waals surface area contributed by atoms with Crippen LogP contribution in [-0.2, 0) is 9.59 Å². The average molecular weight is 314 g/mol. The van der Waals surface area contributed by atoms with Crippen molar-refractivity contribution in [2.45, 2.75) is 13.8 Å². The van der Waals surface area contributed by atoms with Gasteiger partial charge in [-0.05, 0) is 13.8 Å². The molecule has 0 saturated heterocycles. The minimum Gasteiger partial charge on any atom is -1.00 e. The van der Waals surface area contributed by atoms with Crippen molar-refractivity contribution in [1.29, 1.82) is 0 Å². The van der Waals surface area contributed by atoms with Gasteiger partial charge in [-0.15, -0.1) is 0 Å². The second-order valence-corrected chi connectivity index (χ2v) is 0.983. The number of carbonyl (C=O) groups excluding carboxylic acids is 2. The summed E-state index contributed by atoms with van der Waals surface area (Å²) in [7, 11) is 0. The van der Waals surface area contributed by atoms with Gasteiger partial charge in [-0.1, -0.05) is 0 Å². The van der Waals surface area contributed by atoms with Crippen LogP contribution in [0.15, 0.2) is 0 Å². The van der Waals surface area contributed by atoms with Crippen molar-refractivity contribution in [2.75, 3.05) is 0 Å². The van der Waals surface area contributed by atoms with E-state index in [1.807, 2.05) is 0 Å². The molecule has 0 aromatic carbocycles. The molecular weight excluding hydrogens is 308 g/mol. The summed E-state index contributed by atoms with van der Waals surface area (Å²) >= 11 is 0. The van der Waals surface area contributed by atoms with Gasteiger partial charge in [0.25, 0.3) is 0 Å². The van der Waals surface area contributed by atoms with E-state index in [1.54, 1.807) is 0 Å². The number of carboxylic acids is 2. The van der Waals surface area contributed by atoms with Gasteiger partial charge in [0.15, 0.2) is 0 Å². The van der Waals surface area contributed by atoms with Crippen LogP contribution in [0.5, 0.6) is 0 Å². The molecule has 0 atom stereocenters. The van der Waals surface area contributed by atoms with Crippen LogP contribution in [0, 0.1) is 0 Å². The van der Waals surface area contributed by atoms with E-state index in [2.05, 4.69) is 0 Å². The van der Waals surface area contributed by atoms with Gasteiger partial charge in [0.05, 0.1) is 0 Å². The zero-order valence-corrected chi connectivity index (χ0v) is 13.9. The molecule has 0 rings (SSSR count). The first-order valence-electron chi connectivity index (χ1n) is 1.82. The van der Waals surface area contributed by atoms with E-state index >= 15 is 0 Å². The number of rotatable bonds is 0. The molecule has 0 N–H and O–H groups in total. The predicted molar refractivity (Wildman–Crippen MR) is 27.1 cm³/mol. The Morgan fingerprint density at radius 1 is 1.00 bits per heavy atom. The van der Waals surface area contributed by atoms with E-state index in [0.717, 1.165) is 13.8 Å². The third-order valence-corrected chi connectivity index (χ3v) is 0. The molecule has 0 aliphatic carbocycles. The zero-order chi connectivity index (χ0) is 7.15. The first-order valence-corrected chi connectivity index (χ1v) is 1.82. The summed E-state index contributed by atoms with van der Waals surface area (Å²) < 4.78 is 0. The third-order valence-electron chi connectivity index (χ3n) is 0. The van der Waals surface area contributed by atoms with E-state index in [1.165, 1.54) is 0 Å². The molecule has 0 aliphatic rings. The van der Waals surface area contributed by atoms with E-state index in [4.69, 9.17) is 19.8 Å². The SMILES string of the molecule is CC(=O)[O-].CC(=O)[O-].[Ba+2].[Cl-].[Na+]. The van der Waals surface area contributed by atoms with Crippen LogP contribution in [0.25, 0.3) is 0 Å². The van der Waals surface area contributed by atoms with Crippen molar-refractivity contribution in [3.63, 3.8) is 0 Å². The van der Waals surface area contributed by atoms with Crippen LogP contribution in [0.1, 0.15) is 13.8 Å². The standard InChI is InChI=1S/2C2H4O2.Ba.ClH.Na/c2*1-2(3)4;;;/h2*1H3,(H,3,4);;1H;/q;;+2;;+1/p-3. The molecule has 0 amide bonds.